The molecule has 2 nitrogen and oxygen atoms in total. The number of rotatable bonds is 4. The number of carboxylic acid groups (broad SMARTS) is 1. The lowest BCUT2D eigenvalue weighted by Gasteiger charge is -2.26. The zero-order chi connectivity index (χ0) is 12.0. The summed E-state index contributed by atoms with van der Waals surface area (Å²) in [4.78, 5) is 10.8. The van der Waals surface area contributed by atoms with Gasteiger partial charge in [-0.05, 0) is 44.1 Å². The summed E-state index contributed by atoms with van der Waals surface area (Å²) in [5.74, 6) is -0.268. The van der Waals surface area contributed by atoms with E-state index in [9.17, 15) is 4.79 Å². The summed E-state index contributed by atoms with van der Waals surface area (Å²) in [5, 5.41) is 8.93. The van der Waals surface area contributed by atoms with Gasteiger partial charge in [-0.25, -0.2) is 0 Å². The van der Waals surface area contributed by atoms with Crippen molar-refractivity contribution in [3.8, 4) is 0 Å². The van der Waals surface area contributed by atoms with Crippen molar-refractivity contribution in [2.24, 2.45) is 11.8 Å². The summed E-state index contributed by atoms with van der Waals surface area (Å²) in [5.41, 5.74) is 1.28. The second kappa shape index (κ2) is 6.31. The normalized spacial score (nSPS) is 26.9. The second-order valence-corrected chi connectivity index (χ2v) is 4.29. The topological polar surface area (TPSA) is 37.3 Å². The first-order chi connectivity index (χ1) is 7.69. The van der Waals surface area contributed by atoms with Gasteiger partial charge in [-0.3, -0.25) is 4.79 Å². The van der Waals surface area contributed by atoms with Crippen molar-refractivity contribution in [1.82, 2.24) is 0 Å². The van der Waals surface area contributed by atoms with Gasteiger partial charge in [0.25, 0.3) is 0 Å². The molecule has 0 aromatic carbocycles. The predicted molar refractivity (Wildman–Crippen MR) is 66.2 cm³/mol. The van der Waals surface area contributed by atoms with Crippen molar-refractivity contribution in [1.29, 1.82) is 0 Å². The van der Waals surface area contributed by atoms with Crippen LogP contribution in [0.5, 0.6) is 0 Å². The fraction of sp³-hybridized carbons (Fsp3) is 0.500. The number of hydrogen-bond donors (Lipinski definition) is 1. The van der Waals surface area contributed by atoms with Crippen LogP contribution in [0.1, 0.15) is 32.6 Å². The highest BCUT2D eigenvalue weighted by molar-refractivity contribution is 5.70. The first-order valence-corrected chi connectivity index (χ1v) is 5.87. The molecule has 16 heavy (non-hydrogen) atoms. The Morgan fingerprint density at radius 2 is 1.81 bits per heavy atom. The molecule has 1 saturated carbocycles. The molecule has 0 saturated heterocycles. The van der Waals surface area contributed by atoms with Gasteiger partial charge in [-0.2, -0.15) is 0 Å². The van der Waals surface area contributed by atoms with Crippen molar-refractivity contribution in [2.45, 2.75) is 32.6 Å². The van der Waals surface area contributed by atoms with Gasteiger partial charge in [-0.15, -0.1) is 0 Å². The second-order valence-electron chi connectivity index (χ2n) is 4.29. The number of carbonyl (C=O) groups is 1. The monoisotopic (exact) mass is 220 g/mol. The van der Waals surface area contributed by atoms with Crippen molar-refractivity contribution in [3.05, 3.63) is 36.5 Å². The van der Waals surface area contributed by atoms with E-state index in [0.29, 0.717) is 5.92 Å². The molecule has 1 rings (SSSR count). The van der Waals surface area contributed by atoms with E-state index in [1.165, 1.54) is 5.57 Å². The van der Waals surface area contributed by atoms with Gasteiger partial charge < -0.3 is 5.11 Å². The highest BCUT2D eigenvalue weighted by atomic mass is 16.4. The zero-order valence-electron chi connectivity index (χ0n) is 9.86. The molecule has 0 aromatic rings. The number of carboxylic acids is 1. The van der Waals surface area contributed by atoms with Crippen LogP contribution in [0.2, 0.25) is 0 Å². The fourth-order valence-electron chi connectivity index (χ4n) is 2.33. The van der Waals surface area contributed by atoms with E-state index in [1.54, 1.807) is 6.08 Å². The molecule has 0 aliphatic heterocycles. The molecule has 0 aromatic heterocycles. The van der Waals surface area contributed by atoms with Gasteiger partial charge in [0.05, 0.1) is 5.92 Å². The minimum absolute atomic E-state index is 0.133. The van der Waals surface area contributed by atoms with E-state index in [2.05, 4.69) is 12.7 Å². The van der Waals surface area contributed by atoms with Crippen LogP contribution in [0.3, 0.4) is 0 Å². The molecule has 0 amide bonds. The van der Waals surface area contributed by atoms with Crippen molar-refractivity contribution < 1.29 is 9.90 Å². The molecule has 1 fully saturated rings. The lowest BCUT2D eigenvalue weighted by atomic mass is 9.78. The molecular weight excluding hydrogens is 200 g/mol. The van der Waals surface area contributed by atoms with Crippen LogP contribution < -0.4 is 0 Å². The first-order valence-electron chi connectivity index (χ1n) is 5.87. The maximum Gasteiger partial charge on any atom is 0.306 e. The Hall–Kier alpha value is -1.31. The van der Waals surface area contributed by atoms with Gasteiger partial charge >= 0.3 is 5.97 Å². The van der Waals surface area contributed by atoms with Crippen LogP contribution >= 0.6 is 0 Å². The summed E-state index contributed by atoms with van der Waals surface area (Å²) in [6, 6.07) is 0. The SMILES string of the molecule is C=C/C=C(\C=C/C)C1CCC(C(=O)O)CC1. The lowest BCUT2D eigenvalue weighted by molar-refractivity contribution is -0.142. The highest BCUT2D eigenvalue weighted by Crippen LogP contribution is 2.33. The summed E-state index contributed by atoms with van der Waals surface area (Å²) < 4.78 is 0. The Balaban J connectivity index is 2.60. The van der Waals surface area contributed by atoms with Crippen LogP contribution in [-0.2, 0) is 4.79 Å². The molecule has 0 spiro atoms. The molecule has 0 unspecified atom stereocenters. The fourth-order valence-corrected chi connectivity index (χ4v) is 2.33. The molecule has 0 bridgehead atoms. The number of hydrogen-bond acceptors (Lipinski definition) is 1. The van der Waals surface area contributed by atoms with Gasteiger partial charge in [0.2, 0.25) is 0 Å². The number of allylic oxidation sites excluding steroid dienone is 5. The van der Waals surface area contributed by atoms with E-state index >= 15 is 0 Å². The molecule has 1 aliphatic carbocycles. The smallest absolute Gasteiger partial charge is 0.306 e. The minimum Gasteiger partial charge on any atom is -0.481 e. The van der Waals surface area contributed by atoms with Gasteiger partial charge in [0.15, 0.2) is 0 Å². The molecular formula is C14H20O2. The lowest BCUT2D eigenvalue weighted by Crippen LogP contribution is -2.22. The standard InChI is InChI=1S/C14H20O2/c1-3-5-11(6-4-2)12-7-9-13(10-8-12)14(15)16/h3-6,12-13H,1,7-10H2,2H3,(H,15,16)/b6-4-,11-5+. The summed E-state index contributed by atoms with van der Waals surface area (Å²) in [7, 11) is 0. The van der Waals surface area contributed by atoms with E-state index in [-0.39, 0.29) is 5.92 Å². The Morgan fingerprint density at radius 1 is 1.25 bits per heavy atom. The molecule has 1 aliphatic rings. The third kappa shape index (κ3) is 3.37. The Labute approximate surface area is 97.4 Å². The number of aliphatic carboxylic acids is 1. The zero-order valence-corrected chi connectivity index (χ0v) is 9.86. The van der Waals surface area contributed by atoms with Crippen LogP contribution in [-0.4, -0.2) is 11.1 Å². The van der Waals surface area contributed by atoms with Crippen LogP contribution in [0, 0.1) is 11.8 Å². The Kier molecular flexibility index (Phi) is 5.03. The van der Waals surface area contributed by atoms with Crippen LogP contribution in [0.15, 0.2) is 36.5 Å². The Bertz CT molecular complexity index is 305. The van der Waals surface area contributed by atoms with E-state index < -0.39 is 5.97 Å². The Morgan fingerprint density at radius 3 is 2.25 bits per heavy atom. The van der Waals surface area contributed by atoms with Gasteiger partial charge in [0.1, 0.15) is 0 Å². The highest BCUT2D eigenvalue weighted by Gasteiger charge is 2.26. The van der Waals surface area contributed by atoms with Crippen LogP contribution in [0.4, 0.5) is 0 Å². The van der Waals surface area contributed by atoms with Gasteiger partial charge in [0, 0.05) is 0 Å². The van der Waals surface area contributed by atoms with Crippen molar-refractivity contribution in [3.63, 3.8) is 0 Å². The maximum atomic E-state index is 10.8. The third-order valence-corrected chi connectivity index (χ3v) is 3.22. The molecule has 0 atom stereocenters. The molecule has 88 valence electrons. The molecule has 0 radical (unpaired) electrons. The van der Waals surface area contributed by atoms with Crippen LogP contribution in [0.25, 0.3) is 0 Å². The van der Waals surface area contributed by atoms with Crippen molar-refractivity contribution >= 4 is 5.97 Å². The minimum atomic E-state index is -0.640. The molecule has 1 N–H and O–H groups in total. The quantitative estimate of drug-likeness (QED) is 0.735. The third-order valence-electron chi connectivity index (χ3n) is 3.22. The average molecular weight is 220 g/mol. The molecule has 2 heteroatoms. The van der Waals surface area contributed by atoms with E-state index in [4.69, 9.17) is 5.11 Å². The van der Waals surface area contributed by atoms with Gasteiger partial charge in [-0.1, -0.05) is 30.9 Å². The van der Waals surface area contributed by atoms with E-state index in [0.717, 1.165) is 25.7 Å². The largest absolute Gasteiger partial charge is 0.481 e. The summed E-state index contributed by atoms with van der Waals surface area (Å²) in [6.45, 7) is 5.72. The maximum absolute atomic E-state index is 10.8. The molecule has 0 heterocycles. The van der Waals surface area contributed by atoms with E-state index in [1.807, 2.05) is 19.1 Å². The summed E-state index contributed by atoms with van der Waals surface area (Å²) in [6.07, 6.45) is 11.5. The predicted octanol–water partition coefficient (Wildman–Crippen LogP) is 3.57. The van der Waals surface area contributed by atoms with Crippen molar-refractivity contribution in [2.75, 3.05) is 0 Å². The average Bonchev–Trinajstić information content (AvgIpc) is 2.29. The summed E-state index contributed by atoms with van der Waals surface area (Å²) >= 11 is 0. The first kappa shape index (κ1) is 12.8.